The number of hydrogen-bond donors (Lipinski definition) is 3. The van der Waals surface area contributed by atoms with Gasteiger partial charge in [0.25, 0.3) is 0 Å². The molecule has 3 aromatic carbocycles. The van der Waals surface area contributed by atoms with Crippen molar-refractivity contribution in [2.45, 2.75) is 75.0 Å². The largest absolute Gasteiger partial charge is 0.392 e. The minimum atomic E-state index is -0.534. The number of thioether (sulfide) groups is 1. The summed E-state index contributed by atoms with van der Waals surface area (Å²) in [7, 11) is 0. The van der Waals surface area contributed by atoms with Crippen molar-refractivity contribution in [1.29, 1.82) is 0 Å². The fourth-order valence-corrected chi connectivity index (χ4v) is 7.15. The molecule has 8 nitrogen and oxygen atoms in total. The Morgan fingerprint density at radius 3 is 2.43 bits per heavy atom. The van der Waals surface area contributed by atoms with E-state index in [1.165, 1.54) is 11.6 Å². The van der Waals surface area contributed by atoms with Crippen LogP contribution in [-0.4, -0.2) is 40.3 Å². The second-order valence-electron chi connectivity index (χ2n) is 10.9. The molecule has 44 heavy (non-hydrogen) atoms. The Morgan fingerprint density at radius 1 is 0.932 bits per heavy atom. The molecule has 0 spiro atoms. The fraction of sp³-hybridized carbons (Fsp3) is 0.382. The summed E-state index contributed by atoms with van der Waals surface area (Å²) in [6.45, 7) is 2.62. The first-order valence-corrected chi connectivity index (χ1v) is 16.9. The van der Waals surface area contributed by atoms with Gasteiger partial charge in [0, 0.05) is 44.2 Å². The predicted octanol–water partition coefficient (Wildman–Crippen LogP) is 6.44. The van der Waals surface area contributed by atoms with Gasteiger partial charge in [-0.3, -0.25) is 9.59 Å². The van der Waals surface area contributed by atoms with Crippen LogP contribution >= 0.6 is 23.1 Å². The molecule has 2 amide bonds. The van der Waals surface area contributed by atoms with Crippen LogP contribution in [0.1, 0.15) is 73.7 Å². The van der Waals surface area contributed by atoms with E-state index in [0.29, 0.717) is 25.9 Å². The van der Waals surface area contributed by atoms with Gasteiger partial charge in [-0.1, -0.05) is 78.8 Å². The molecule has 0 bridgehead atoms. The molecule has 10 heteroatoms. The molecule has 1 aliphatic heterocycles. The number of fused-ring (bicyclic) bond motifs is 1. The number of hydrogen-bond acceptors (Lipinski definition) is 8. The SMILES string of the molecule is CC(=O)NCCCCCC(=O)NCc1ccc(C2OC(CSc3nc4ccccc4s3)CC(c3ccc(CO)cc3)O2)cc1. The van der Waals surface area contributed by atoms with E-state index in [0.717, 1.165) is 57.1 Å². The van der Waals surface area contributed by atoms with E-state index >= 15 is 0 Å². The molecular weight excluding hydrogens is 595 g/mol. The summed E-state index contributed by atoms with van der Waals surface area (Å²) in [5.74, 6) is 0.752. The van der Waals surface area contributed by atoms with Crippen molar-refractivity contribution in [2.75, 3.05) is 12.3 Å². The monoisotopic (exact) mass is 633 g/mol. The number of benzene rings is 3. The minimum Gasteiger partial charge on any atom is -0.392 e. The van der Waals surface area contributed by atoms with Crippen molar-refractivity contribution in [3.63, 3.8) is 0 Å². The zero-order chi connectivity index (χ0) is 30.7. The van der Waals surface area contributed by atoms with Gasteiger partial charge >= 0.3 is 0 Å². The molecule has 2 heterocycles. The third kappa shape index (κ3) is 9.36. The van der Waals surface area contributed by atoms with Crippen LogP contribution in [-0.2, 0) is 32.2 Å². The van der Waals surface area contributed by atoms with E-state index < -0.39 is 6.29 Å². The lowest BCUT2D eigenvalue weighted by Gasteiger charge is -2.36. The number of carbonyl (C=O) groups excluding carboxylic acids is 2. The zero-order valence-corrected chi connectivity index (χ0v) is 26.5. The standard InChI is InChI=1S/C34H39N3O5S2/c1-23(39)35-18-6-2-3-9-32(40)36-20-24-10-16-27(17-11-24)33-41-28(19-30(42-33)26-14-12-25(21-38)13-15-26)22-43-34-37-29-7-4-5-8-31(29)44-34/h4-5,7-8,10-17,28,30,33,38H,2-3,6,9,18-22H2,1H3,(H,35,39)(H,36,40). The predicted molar refractivity (Wildman–Crippen MR) is 174 cm³/mol. The molecule has 1 saturated heterocycles. The maximum absolute atomic E-state index is 12.3. The first kappa shape index (κ1) is 32.1. The highest BCUT2D eigenvalue weighted by Crippen LogP contribution is 2.40. The molecule has 3 unspecified atom stereocenters. The van der Waals surface area contributed by atoms with E-state index in [2.05, 4.69) is 16.7 Å². The number of rotatable bonds is 14. The summed E-state index contributed by atoms with van der Waals surface area (Å²) in [5, 5.41) is 15.3. The molecule has 5 rings (SSSR count). The van der Waals surface area contributed by atoms with Crippen LogP contribution in [0.4, 0.5) is 0 Å². The van der Waals surface area contributed by atoms with Gasteiger partial charge in [-0.05, 0) is 41.7 Å². The third-order valence-electron chi connectivity index (χ3n) is 7.48. The smallest absolute Gasteiger partial charge is 0.220 e. The van der Waals surface area contributed by atoms with Crippen molar-refractivity contribution in [1.82, 2.24) is 15.6 Å². The van der Waals surface area contributed by atoms with Crippen molar-refractivity contribution in [2.24, 2.45) is 0 Å². The molecular formula is C34H39N3O5S2. The highest BCUT2D eigenvalue weighted by atomic mass is 32.2. The quantitative estimate of drug-likeness (QED) is 0.108. The molecule has 4 aromatic rings. The van der Waals surface area contributed by atoms with E-state index in [1.807, 2.05) is 66.7 Å². The Bertz CT molecular complexity index is 1480. The molecule has 3 N–H and O–H groups in total. The normalized spacial score (nSPS) is 18.3. The van der Waals surface area contributed by atoms with Crippen LogP contribution in [0.15, 0.2) is 77.1 Å². The summed E-state index contributed by atoms with van der Waals surface area (Å²) in [6.07, 6.45) is 3.01. The zero-order valence-electron chi connectivity index (χ0n) is 24.9. The van der Waals surface area contributed by atoms with Crippen LogP contribution in [0.25, 0.3) is 10.2 Å². The van der Waals surface area contributed by atoms with Crippen molar-refractivity contribution >= 4 is 45.1 Å². The maximum Gasteiger partial charge on any atom is 0.220 e. The van der Waals surface area contributed by atoms with E-state index in [4.69, 9.17) is 14.5 Å². The number of carbonyl (C=O) groups is 2. The van der Waals surface area contributed by atoms with Gasteiger partial charge < -0.3 is 25.2 Å². The van der Waals surface area contributed by atoms with Gasteiger partial charge in [0.05, 0.1) is 29.0 Å². The second kappa shape index (κ2) is 16.2. The number of nitrogens with zero attached hydrogens (tertiary/aromatic N) is 1. The maximum atomic E-state index is 12.3. The Morgan fingerprint density at radius 2 is 1.68 bits per heavy atom. The molecule has 1 aromatic heterocycles. The molecule has 1 aliphatic rings. The van der Waals surface area contributed by atoms with Crippen LogP contribution in [0.2, 0.25) is 0 Å². The molecule has 0 saturated carbocycles. The number of aromatic nitrogens is 1. The van der Waals surface area contributed by atoms with Crippen LogP contribution < -0.4 is 10.6 Å². The second-order valence-corrected chi connectivity index (χ2v) is 13.2. The fourth-order valence-electron chi connectivity index (χ4n) is 5.03. The van der Waals surface area contributed by atoms with Crippen LogP contribution in [0.5, 0.6) is 0 Å². The van der Waals surface area contributed by atoms with E-state index in [1.54, 1.807) is 23.1 Å². The Kier molecular flexibility index (Phi) is 11.8. The van der Waals surface area contributed by atoms with E-state index in [9.17, 15) is 14.7 Å². The lowest BCUT2D eigenvalue weighted by atomic mass is 10.0. The molecule has 3 atom stereocenters. The number of para-hydroxylation sites is 1. The average molecular weight is 634 g/mol. The first-order valence-electron chi connectivity index (χ1n) is 15.1. The molecule has 1 fully saturated rings. The number of amides is 2. The topological polar surface area (TPSA) is 110 Å². The molecule has 232 valence electrons. The highest BCUT2D eigenvalue weighted by Gasteiger charge is 2.32. The first-order chi connectivity index (χ1) is 21.5. The van der Waals surface area contributed by atoms with E-state index in [-0.39, 0.29) is 30.6 Å². The van der Waals surface area contributed by atoms with Crippen molar-refractivity contribution < 1.29 is 24.2 Å². The van der Waals surface area contributed by atoms with Gasteiger partial charge in [0.15, 0.2) is 10.6 Å². The number of ether oxygens (including phenoxy) is 2. The number of nitrogens with one attached hydrogen (secondary N) is 2. The summed E-state index contributed by atoms with van der Waals surface area (Å²) in [4.78, 5) is 28.0. The highest BCUT2D eigenvalue weighted by molar-refractivity contribution is 8.01. The van der Waals surface area contributed by atoms with Crippen molar-refractivity contribution in [3.05, 3.63) is 95.1 Å². The lowest BCUT2D eigenvalue weighted by molar-refractivity contribution is -0.245. The Labute approximate surface area is 266 Å². The van der Waals surface area contributed by atoms with Crippen LogP contribution in [0, 0.1) is 0 Å². The summed E-state index contributed by atoms with van der Waals surface area (Å²) in [5.41, 5.74) is 4.86. The van der Waals surface area contributed by atoms with Crippen LogP contribution in [0.3, 0.4) is 0 Å². The number of aliphatic hydroxyl groups is 1. The third-order valence-corrected chi connectivity index (χ3v) is 9.79. The Hall–Kier alpha value is -3.28. The Balaban J connectivity index is 1.17. The van der Waals surface area contributed by atoms with Gasteiger partial charge in [-0.25, -0.2) is 4.98 Å². The number of unbranched alkanes of at least 4 members (excludes halogenated alkanes) is 2. The molecule has 0 radical (unpaired) electrons. The van der Waals surface area contributed by atoms with Crippen molar-refractivity contribution in [3.8, 4) is 0 Å². The van der Waals surface area contributed by atoms with Gasteiger partial charge in [0.2, 0.25) is 11.8 Å². The summed E-state index contributed by atoms with van der Waals surface area (Å²) in [6, 6.07) is 24.1. The average Bonchev–Trinajstić information content (AvgIpc) is 3.48. The van der Waals surface area contributed by atoms with Gasteiger partial charge in [-0.2, -0.15) is 0 Å². The summed E-state index contributed by atoms with van der Waals surface area (Å²) >= 11 is 3.41. The van der Waals surface area contributed by atoms with Gasteiger partial charge in [-0.15, -0.1) is 11.3 Å². The number of thiazole rings is 1. The molecule has 0 aliphatic carbocycles. The number of aliphatic hydroxyl groups excluding tert-OH is 1. The van der Waals surface area contributed by atoms with Gasteiger partial charge in [0.1, 0.15) is 0 Å². The lowest BCUT2D eigenvalue weighted by Crippen LogP contribution is -2.31. The minimum absolute atomic E-state index is 0.00566. The summed E-state index contributed by atoms with van der Waals surface area (Å²) < 4.78 is 15.2.